The van der Waals surface area contributed by atoms with Crippen LogP contribution in [0.1, 0.15) is 47.4 Å². The van der Waals surface area contributed by atoms with E-state index >= 15 is 0 Å². The Bertz CT molecular complexity index is 814. The molecule has 2 aromatic carbocycles. The van der Waals surface area contributed by atoms with Gasteiger partial charge in [0.25, 0.3) is 11.8 Å². The largest absolute Gasteiger partial charge is 0.494 e. The van der Waals surface area contributed by atoms with E-state index in [1.165, 1.54) is 0 Å². The minimum atomic E-state index is -0.852. The standard InChI is InChI=1S/C21H24N2O5/c1-14(2)22-20(26)15-5-7-16(8-6-15)21(27)23-17-9-11-18(12-10-17)28-13-3-4-19(24)25/h5-12,14H,3-4,13H2,1-2H3,(H,22,26)(H,23,27)(H,24,25). The maximum atomic E-state index is 12.3. The Labute approximate surface area is 163 Å². The molecule has 0 aliphatic rings. The summed E-state index contributed by atoms with van der Waals surface area (Å²) in [5, 5.41) is 14.2. The van der Waals surface area contributed by atoms with E-state index in [2.05, 4.69) is 10.6 Å². The van der Waals surface area contributed by atoms with Gasteiger partial charge in [0.05, 0.1) is 6.61 Å². The van der Waals surface area contributed by atoms with Crippen molar-refractivity contribution in [3.63, 3.8) is 0 Å². The van der Waals surface area contributed by atoms with Crippen LogP contribution in [-0.2, 0) is 4.79 Å². The molecular weight excluding hydrogens is 360 g/mol. The summed E-state index contributed by atoms with van der Waals surface area (Å²) in [6.45, 7) is 4.08. The number of carboxylic acid groups (broad SMARTS) is 1. The summed E-state index contributed by atoms with van der Waals surface area (Å²) in [5.41, 5.74) is 1.54. The van der Waals surface area contributed by atoms with E-state index in [1.807, 2.05) is 13.8 Å². The normalized spacial score (nSPS) is 10.4. The molecule has 28 heavy (non-hydrogen) atoms. The van der Waals surface area contributed by atoms with Crippen molar-refractivity contribution in [1.29, 1.82) is 0 Å². The van der Waals surface area contributed by atoms with Crippen molar-refractivity contribution < 1.29 is 24.2 Å². The molecule has 0 aromatic heterocycles. The summed E-state index contributed by atoms with van der Waals surface area (Å²) < 4.78 is 5.45. The van der Waals surface area contributed by atoms with E-state index in [1.54, 1.807) is 48.5 Å². The quantitative estimate of drug-likeness (QED) is 0.575. The number of ether oxygens (including phenoxy) is 1. The third-order valence-electron chi connectivity index (χ3n) is 3.74. The molecule has 7 heteroatoms. The zero-order chi connectivity index (χ0) is 20.5. The van der Waals surface area contributed by atoms with Gasteiger partial charge in [-0.2, -0.15) is 0 Å². The van der Waals surface area contributed by atoms with Crippen molar-refractivity contribution in [3.05, 3.63) is 59.7 Å². The van der Waals surface area contributed by atoms with E-state index in [9.17, 15) is 14.4 Å². The molecule has 0 fully saturated rings. The molecule has 2 amide bonds. The van der Waals surface area contributed by atoms with Gasteiger partial charge in [-0.05, 0) is 68.8 Å². The van der Waals surface area contributed by atoms with Gasteiger partial charge in [-0.1, -0.05) is 0 Å². The number of aliphatic carboxylic acids is 1. The molecule has 0 bridgehead atoms. The van der Waals surface area contributed by atoms with Crippen LogP contribution in [0.4, 0.5) is 5.69 Å². The average molecular weight is 384 g/mol. The Morgan fingerprint density at radius 3 is 2.04 bits per heavy atom. The number of carboxylic acids is 1. The fourth-order valence-electron chi connectivity index (χ4n) is 2.37. The van der Waals surface area contributed by atoms with Crippen molar-refractivity contribution in [2.45, 2.75) is 32.7 Å². The maximum Gasteiger partial charge on any atom is 0.303 e. The Hall–Kier alpha value is -3.35. The second-order valence-corrected chi connectivity index (χ2v) is 6.53. The molecule has 0 unspecified atom stereocenters. The number of rotatable bonds is 9. The Kier molecular flexibility index (Phi) is 7.56. The van der Waals surface area contributed by atoms with E-state index in [0.717, 1.165) is 0 Å². The van der Waals surface area contributed by atoms with Crippen molar-refractivity contribution >= 4 is 23.5 Å². The van der Waals surface area contributed by atoms with E-state index < -0.39 is 5.97 Å². The number of carbonyl (C=O) groups is 3. The Morgan fingerprint density at radius 1 is 0.929 bits per heavy atom. The second-order valence-electron chi connectivity index (χ2n) is 6.53. The zero-order valence-electron chi connectivity index (χ0n) is 15.9. The van der Waals surface area contributed by atoms with Gasteiger partial charge in [-0.15, -0.1) is 0 Å². The summed E-state index contributed by atoms with van der Waals surface area (Å²) >= 11 is 0. The summed E-state index contributed by atoms with van der Waals surface area (Å²) in [4.78, 5) is 34.7. The lowest BCUT2D eigenvalue weighted by molar-refractivity contribution is -0.137. The number of amides is 2. The van der Waals surface area contributed by atoms with Crippen LogP contribution in [0.5, 0.6) is 5.75 Å². The molecule has 0 aliphatic heterocycles. The fourth-order valence-corrected chi connectivity index (χ4v) is 2.37. The monoisotopic (exact) mass is 384 g/mol. The summed E-state index contributed by atoms with van der Waals surface area (Å²) in [7, 11) is 0. The van der Waals surface area contributed by atoms with Gasteiger partial charge in [0.1, 0.15) is 5.75 Å². The lowest BCUT2D eigenvalue weighted by Crippen LogP contribution is -2.30. The lowest BCUT2D eigenvalue weighted by Gasteiger charge is -2.10. The minimum absolute atomic E-state index is 0.0413. The van der Waals surface area contributed by atoms with Gasteiger partial charge in [0, 0.05) is 29.3 Å². The van der Waals surface area contributed by atoms with Crippen LogP contribution >= 0.6 is 0 Å². The van der Waals surface area contributed by atoms with Gasteiger partial charge in [0.2, 0.25) is 0 Å². The molecule has 0 spiro atoms. The number of nitrogens with one attached hydrogen (secondary N) is 2. The summed E-state index contributed by atoms with van der Waals surface area (Å²) in [6.07, 6.45) is 0.491. The molecule has 0 saturated carbocycles. The predicted molar refractivity (Wildman–Crippen MR) is 106 cm³/mol. The molecule has 3 N–H and O–H groups in total. The molecular formula is C21H24N2O5. The zero-order valence-corrected chi connectivity index (χ0v) is 15.9. The topological polar surface area (TPSA) is 105 Å². The minimum Gasteiger partial charge on any atom is -0.494 e. The van der Waals surface area contributed by atoms with Gasteiger partial charge in [0.15, 0.2) is 0 Å². The summed E-state index contributed by atoms with van der Waals surface area (Å²) in [5.74, 6) is -0.717. The summed E-state index contributed by atoms with van der Waals surface area (Å²) in [6, 6.07) is 13.3. The maximum absolute atomic E-state index is 12.3. The molecule has 0 radical (unpaired) electrons. The van der Waals surface area contributed by atoms with Crippen LogP contribution < -0.4 is 15.4 Å². The van der Waals surface area contributed by atoms with Crippen molar-refractivity contribution in [2.24, 2.45) is 0 Å². The third kappa shape index (κ3) is 6.75. The van der Waals surface area contributed by atoms with Gasteiger partial charge < -0.3 is 20.5 Å². The van der Waals surface area contributed by atoms with Crippen LogP contribution in [0.2, 0.25) is 0 Å². The number of hydrogen-bond donors (Lipinski definition) is 3. The molecule has 0 saturated heterocycles. The molecule has 0 heterocycles. The second kappa shape index (κ2) is 10.1. The van der Waals surface area contributed by atoms with Crippen LogP contribution in [-0.4, -0.2) is 35.5 Å². The average Bonchev–Trinajstić information content (AvgIpc) is 2.66. The third-order valence-corrected chi connectivity index (χ3v) is 3.74. The van der Waals surface area contributed by atoms with Crippen molar-refractivity contribution in [2.75, 3.05) is 11.9 Å². The number of anilines is 1. The van der Waals surface area contributed by atoms with Gasteiger partial charge >= 0.3 is 5.97 Å². The smallest absolute Gasteiger partial charge is 0.303 e. The first-order chi connectivity index (χ1) is 13.3. The van der Waals surface area contributed by atoms with Crippen molar-refractivity contribution in [3.8, 4) is 5.75 Å². The molecule has 0 atom stereocenters. The van der Waals surface area contributed by atoms with Crippen LogP contribution in [0.3, 0.4) is 0 Å². The number of hydrogen-bond acceptors (Lipinski definition) is 4. The first-order valence-electron chi connectivity index (χ1n) is 9.02. The predicted octanol–water partition coefficient (Wildman–Crippen LogP) is 3.32. The van der Waals surface area contributed by atoms with Gasteiger partial charge in [-0.3, -0.25) is 14.4 Å². The lowest BCUT2D eigenvalue weighted by atomic mass is 10.1. The highest BCUT2D eigenvalue weighted by Gasteiger charge is 2.10. The SMILES string of the molecule is CC(C)NC(=O)c1ccc(C(=O)Nc2ccc(OCCCC(=O)O)cc2)cc1. The molecule has 148 valence electrons. The first kappa shape index (κ1) is 21.0. The van der Waals surface area contributed by atoms with E-state index in [4.69, 9.17) is 9.84 Å². The highest BCUT2D eigenvalue weighted by Crippen LogP contribution is 2.17. The van der Waals surface area contributed by atoms with Crippen LogP contribution in [0.25, 0.3) is 0 Å². The molecule has 7 nitrogen and oxygen atoms in total. The van der Waals surface area contributed by atoms with Crippen LogP contribution in [0, 0.1) is 0 Å². The number of carbonyl (C=O) groups excluding carboxylic acids is 2. The van der Waals surface area contributed by atoms with E-state index in [0.29, 0.717) is 35.6 Å². The van der Waals surface area contributed by atoms with Crippen LogP contribution in [0.15, 0.2) is 48.5 Å². The number of benzene rings is 2. The van der Waals surface area contributed by atoms with Gasteiger partial charge in [-0.25, -0.2) is 0 Å². The highest BCUT2D eigenvalue weighted by molar-refractivity contribution is 6.05. The first-order valence-corrected chi connectivity index (χ1v) is 9.02. The molecule has 2 rings (SSSR count). The van der Waals surface area contributed by atoms with Crippen molar-refractivity contribution in [1.82, 2.24) is 5.32 Å². The van der Waals surface area contributed by atoms with E-state index in [-0.39, 0.29) is 24.3 Å². The Morgan fingerprint density at radius 2 is 1.50 bits per heavy atom. The molecule has 2 aromatic rings. The Balaban J connectivity index is 1.88. The fraction of sp³-hybridized carbons (Fsp3) is 0.286. The molecule has 0 aliphatic carbocycles. The highest BCUT2D eigenvalue weighted by atomic mass is 16.5.